The van der Waals surface area contributed by atoms with E-state index in [0.717, 1.165) is 18.4 Å². The molecule has 0 saturated carbocycles. The Morgan fingerprint density at radius 1 is 1.48 bits per heavy atom. The number of amides is 1. The fourth-order valence-corrected chi connectivity index (χ4v) is 3.72. The zero-order valence-corrected chi connectivity index (χ0v) is 12.8. The van der Waals surface area contributed by atoms with Crippen molar-refractivity contribution in [1.29, 1.82) is 0 Å². The Kier molecular flexibility index (Phi) is 4.84. The average molecular weight is 312 g/mol. The molecule has 1 amide bonds. The van der Waals surface area contributed by atoms with E-state index in [2.05, 4.69) is 5.32 Å². The number of nitrogens with one attached hydrogen (secondary N) is 1. The predicted molar refractivity (Wildman–Crippen MR) is 81.8 cm³/mol. The van der Waals surface area contributed by atoms with Crippen LogP contribution in [0, 0.1) is 6.92 Å². The summed E-state index contributed by atoms with van der Waals surface area (Å²) in [5.74, 6) is -1.24. The van der Waals surface area contributed by atoms with Crippen LogP contribution < -0.4 is 11.1 Å². The summed E-state index contributed by atoms with van der Waals surface area (Å²) in [5.41, 5.74) is 7.60. The van der Waals surface area contributed by atoms with Gasteiger partial charge in [0.25, 0.3) is 0 Å². The second-order valence-corrected chi connectivity index (χ2v) is 7.44. The number of benzene rings is 1. The lowest BCUT2D eigenvalue weighted by atomic mass is 10.2. The van der Waals surface area contributed by atoms with Gasteiger partial charge in [0.15, 0.2) is 9.84 Å². The number of carbonyl (C=O) groups excluding carboxylic acids is 1. The van der Waals surface area contributed by atoms with Gasteiger partial charge < -0.3 is 15.8 Å². The Morgan fingerprint density at radius 2 is 2.24 bits per heavy atom. The molecule has 1 fully saturated rings. The van der Waals surface area contributed by atoms with Crippen LogP contribution in [-0.2, 0) is 19.4 Å². The monoisotopic (exact) mass is 312 g/mol. The van der Waals surface area contributed by atoms with Gasteiger partial charge in [-0.15, -0.1) is 0 Å². The lowest BCUT2D eigenvalue weighted by molar-refractivity contribution is -0.113. The topological polar surface area (TPSA) is 98.5 Å². The molecule has 1 atom stereocenters. The Morgan fingerprint density at radius 3 is 2.86 bits per heavy atom. The summed E-state index contributed by atoms with van der Waals surface area (Å²) in [7, 11) is -3.48. The smallest absolute Gasteiger partial charge is 0.239 e. The molecule has 2 rings (SSSR count). The van der Waals surface area contributed by atoms with E-state index in [4.69, 9.17) is 10.5 Å². The quantitative estimate of drug-likeness (QED) is 0.794. The molecule has 1 saturated heterocycles. The minimum Gasteiger partial charge on any atom is -0.397 e. The predicted octanol–water partition coefficient (Wildman–Crippen LogP) is 1.11. The van der Waals surface area contributed by atoms with Gasteiger partial charge in [-0.25, -0.2) is 8.42 Å². The molecule has 6 nitrogen and oxygen atoms in total. The number of ether oxygens (including phenoxy) is 1. The van der Waals surface area contributed by atoms with Crippen molar-refractivity contribution >= 4 is 27.1 Å². The van der Waals surface area contributed by atoms with Gasteiger partial charge >= 0.3 is 0 Å². The number of rotatable bonds is 5. The SMILES string of the molecule is Cc1ccc(NC(=O)CS(=O)(=O)CC2CCCO2)c(N)c1. The maximum absolute atomic E-state index is 12.0. The van der Waals surface area contributed by atoms with Gasteiger partial charge in [-0.1, -0.05) is 6.07 Å². The van der Waals surface area contributed by atoms with Crippen LogP contribution in [-0.4, -0.2) is 38.5 Å². The molecule has 21 heavy (non-hydrogen) atoms. The summed E-state index contributed by atoms with van der Waals surface area (Å²) in [6.07, 6.45) is 1.31. The fourth-order valence-electron chi connectivity index (χ4n) is 2.30. The Hall–Kier alpha value is -1.60. The molecule has 0 aliphatic carbocycles. The van der Waals surface area contributed by atoms with E-state index in [-0.39, 0.29) is 11.9 Å². The maximum Gasteiger partial charge on any atom is 0.239 e. The molecule has 1 heterocycles. The number of aryl methyl sites for hydroxylation is 1. The summed E-state index contributed by atoms with van der Waals surface area (Å²) >= 11 is 0. The molecule has 1 aromatic carbocycles. The summed E-state index contributed by atoms with van der Waals surface area (Å²) in [4.78, 5) is 11.9. The van der Waals surface area contributed by atoms with Crippen LogP contribution in [0.4, 0.5) is 11.4 Å². The number of nitrogens with two attached hydrogens (primary N) is 1. The van der Waals surface area contributed by atoms with E-state index in [1.165, 1.54) is 0 Å². The molecule has 0 radical (unpaired) electrons. The molecule has 0 spiro atoms. The number of sulfone groups is 1. The van der Waals surface area contributed by atoms with Crippen molar-refractivity contribution in [3.05, 3.63) is 23.8 Å². The van der Waals surface area contributed by atoms with Gasteiger partial charge in [-0.3, -0.25) is 4.79 Å². The third-order valence-electron chi connectivity index (χ3n) is 3.30. The Bertz CT molecular complexity index is 622. The van der Waals surface area contributed by atoms with E-state index >= 15 is 0 Å². The van der Waals surface area contributed by atoms with E-state index in [0.29, 0.717) is 18.0 Å². The van der Waals surface area contributed by atoms with Gasteiger partial charge in [0.1, 0.15) is 5.75 Å². The highest BCUT2D eigenvalue weighted by atomic mass is 32.2. The molecule has 116 valence electrons. The molecule has 1 unspecified atom stereocenters. The highest BCUT2D eigenvalue weighted by Gasteiger charge is 2.25. The summed E-state index contributed by atoms with van der Waals surface area (Å²) in [5, 5.41) is 2.53. The maximum atomic E-state index is 12.0. The van der Waals surface area contributed by atoms with Gasteiger partial charge in [-0.2, -0.15) is 0 Å². The molecular formula is C14H20N2O4S. The van der Waals surface area contributed by atoms with Crippen LogP contribution in [0.1, 0.15) is 18.4 Å². The summed E-state index contributed by atoms with van der Waals surface area (Å²) in [6, 6.07) is 5.18. The van der Waals surface area contributed by atoms with Crippen LogP contribution in [0.3, 0.4) is 0 Å². The molecule has 0 bridgehead atoms. The molecular weight excluding hydrogens is 292 g/mol. The Labute approximate surface area is 124 Å². The first-order valence-corrected chi connectivity index (χ1v) is 8.66. The van der Waals surface area contributed by atoms with Crippen LogP contribution >= 0.6 is 0 Å². The van der Waals surface area contributed by atoms with Crippen LogP contribution in [0.2, 0.25) is 0 Å². The number of nitrogen functional groups attached to an aromatic ring is 1. The first-order valence-electron chi connectivity index (χ1n) is 6.84. The van der Waals surface area contributed by atoms with Crippen LogP contribution in [0.25, 0.3) is 0 Å². The van der Waals surface area contributed by atoms with Crippen molar-refractivity contribution in [3.8, 4) is 0 Å². The standard InChI is InChI=1S/C14H20N2O4S/c1-10-4-5-13(12(15)7-10)16-14(17)9-21(18,19)8-11-3-2-6-20-11/h4-5,7,11H,2-3,6,8-9,15H2,1H3,(H,16,17). The molecule has 0 aromatic heterocycles. The second kappa shape index (κ2) is 6.44. The van der Waals surface area contributed by atoms with E-state index in [1.807, 2.05) is 6.92 Å². The molecule has 7 heteroatoms. The van der Waals surface area contributed by atoms with Crippen molar-refractivity contribution in [2.75, 3.05) is 29.2 Å². The third-order valence-corrected chi connectivity index (χ3v) is 4.88. The normalized spacial score (nSPS) is 18.6. The van der Waals surface area contributed by atoms with Crippen LogP contribution in [0.5, 0.6) is 0 Å². The highest BCUT2D eigenvalue weighted by molar-refractivity contribution is 7.92. The van der Waals surface area contributed by atoms with Crippen molar-refractivity contribution < 1.29 is 17.9 Å². The van der Waals surface area contributed by atoms with Crippen LogP contribution in [0.15, 0.2) is 18.2 Å². The van der Waals surface area contributed by atoms with E-state index in [1.54, 1.807) is 18.2 Å². The lowest BCUT2D eigenvalue weighted by Crippen LogP contribution is -2.29. The first kappa shape index (κ1) is 15.8. The minimum atomic E-state index is -3.48. The number of hydrogen-bond donors (Lipinski definition) is 2. The van der Waals surface area contributed by atoms with Crippen molar-refractivity contribution in [2.24, 2.45) is 0 Å². The van der Waals surface area contributed by atoms with Crippen molar-refractivity contribution in [3.63, 3.8) is 0 Å². The molecule has 1 aliphatic rings. The number of carbonyl (C=O) groups is 1. The molecule has 1 aliphatic heterocycles. The van der Waals surface area contributed by atoms with Gasteiger partial charge in [0.05, 0.1) is 23.2 Å². The van der Waals surface area contributed by atoms with Gasteiger partial charge in [-0.05, 0) is 37.5 Å². The first-order chi connectivity index (χ1) is 9.85. The van der Waals surface area contributed by atoms with Crippen molar-refractivity contribution in [1.82, 2.24) is 0 Å². The third kappa shape index (κ3) is 4.71. The number of anilines is 2. The summed E-state index contributed by atoms with van der Waals surface area (Å²) < 4.78 is 29.2. The van der Waals surface area contributed by atoms with E-state index in [9.17, 15) is 13.2 Å². The fraction of sp³-hybridized carbons (Fsp3) is 0.500. The summed E-state index contributed by atoms with van der Waals surface area (Å²) in [6.45, 7) is 2.47. The average Bonchev–Trinajstić information content (AvgIpc) is 2.84. The number of hydrogen-bond acceptors (Lipinski definition) is 5. The van der Waals surface area contributed by atoms with Gasteiger partial charge in [0.2, 0.25) is 5.91 Å². The Balaban J connectivity index is 1.94. The second-order valence-electron chi connectivity index (χ2n) is 5.33. The highest BCUT2D eigenvalue weighted by Crippen LogP contribution is 2.19. The van der Waals surface area contributed by atoms with E-state index < -0.39 is 21.5 Å². The largest absolute Gasteiger partial charge is 0.397 e. The molecule has 3 N–H and O–H groups in total. The zero-order valence-electron chi connectivity index (χ0n) is 12.0. The zero-order chi connectivity index (χ0) is 15.5. The minimum absolute atomic E-state index is 0.107. The molecule has 1 aromatic rings. The van der Waals surface area contributed by atoms with Gasteiger partial charge in [0, 0.05) is 6.61 Å². The van der Waals surface area contributed by atoms with Crippen molar-refractivity contribution in [2.45, 2.75) is 25.9 Å². The lowest BCUT2D eigenvalue weighted by Gasteiger charge is -2.11.